The van der Waals surface area contributed by atoms with Crippen LogP contribution in [-0.4, -0.2) is 40.5 Å². The number of aliphatic imine (C=N–C) groups is 2. The van der Waals surface area contributed by atoms with Crippen molar-refractivity contribution in [2.45, 2.75) is 33.1 Å². The number of hydrogen-bond donors (Lipinski definition) is 2. The number of carbonyl (C=O) groups is 2. The SMILES string of the molecule is C=C1C(=O)N=C(n2nc(C(C)(C)C)cc2NC(=O)Nc2ccc(OC)cc2)N=C1C. The van der Waals surface area contributed by atoms with E-state index in [2.05, 4.69) is 32.3 Å². The maximum atomic E-state index is 12.6. The summed E-state index contributed by atoms with van der Waals surface area (Å²) in [6, 6.07) is 8.18. The van der Waals surface area contributed by atoms with E-state index in [4.69, 9.17) is 4.74 Å². The number of aromatic nitrogens is 2. The van der Waals surface area contributed by atoms with Crippen LogP contribution in [0.2, 0.25) is 0 Å². The number of carbonyl (C=O) groups excluding carboxylic acids is 2. The summed E-state index contributed by atoms with van der Waals surface area (Å²) < 4.78 is 6.46. The summed E-state index contributed by atoms with van der Waals surface area (Å²) in [6.45, 7) is 11.3. The van der Waals surface area contributed by atoms with Crippen molar-refractivity contribution in [1.82, 2.24) is 9.78 Å². The van der Waals surface area contributed by atoms with E-state index in [1.165, 1.54) is 4.68 Å². The molecule has 1 aromatic heterocycles. The van der Waals surface area contributed by atoms with Crippen LogP contribution in [0.5, 0.6) is 5.75 Å². The minimum absolute atomic E-state index is 0.0696. The highest BCUT2D eigenvalue weighted by molar-refractivity contribution is 6.27. The van der Waals surface area contributed by atoms with E-state index in [1.54, 1.807) is 44.4 Å². The van der Waals surface area contributed by atoms with E-state index in [0.717, 1.165) is 0 Å². The van der Waals surface area contributed by atoms with Crippen LogP contribution in [0.15, 0.2) is 52.5 Å². The number of anilines is 2. The molecule has 30 heavy (non-hydrogen) atoms. The average molecular weight is 408 g/mol. The second-order valence-electron chi connectivity index (χ2n) is 7.78. The molecule has 2 aromatic rings. The van der Waals surface area contributed by atoms with Crippen molar-refractivity contribution in [1.29, 1.82) is 0 Å². The molecule has 156 valence electrons. The molecular formula is C21H24N6O3. The van der Waals surface area contributed by atoms with Gasteiger partial charge in [-0.2, -0.15) is 14.8 Å². The Morgan fingerprint density at radius 1 is 1.13 bits per heavy atom. The van der Waals surface area contributed by atoms with Gasteiger partial charge in [0.1, 0.15) is 11.6 Å². The normalized spacial score (nSPS) is 14.2. The molecule has 9 nitrogen and oxygen atoms in total. The van der Waals surface area contributed by atoms with Gasteiger partial charge in [0.25, 0.3) is 11.9 Å². The topological polar surface area (TPSA) is 110 Å². The third kappa shape index (κ3) is 4.45. The van der Waals surface area contributed by atoms with E-state index in [1.807, 2.05) is 20.8 Å². The maximum absolute atomic E-state index is 12.6. The number of urea groups is 1. The number of ether oxygens (including phenoxy) is 1. The smallest absolute Gasteiger partial charge is 0.324 e. The molecule has 1 aliphatic heterocycles. The van der Waals surface area contributed by atoms with E-state index < -0.39 is 11.9 Å². The molecule has 0 aliphatic carbocycles. The van der Waals surface area contributed by atoms with Gasteiger partial charge in [0.05, 0.1) is 24.1 Å². The highest BCUT2D eigenvalue weighted by Crippen LogP contribution is 2.25. The number of hydrogen-bond acceptors (Lipinski definition) is 5. The fourth-order valence-corrected chi connectivity index (χ4v) is 2.59. The first kappa shape index (κ1) is 21.0. The molecule has 0 bridgehead atoms. The molecule has 0 unspecified atom stereocenters. The first-order valence-corrected chi connectivity index (χ1v) is 9.29. The lowest BCUT2D eigenvalue weighted by Crippen LogP contribution is -2.27. The van der Waals surface area contributed by atoms with Crippen LogP contribution in [0.25, 0.3) is 0 Å². The van der Waals surface area contributed by atoms with Crippen molar-refractivity contribution in [3.05, 3.63) is 48.2 Å². The van der Waals surface area contributed by atoms with E-state index in [0.29, 0.717) is 28.7 Å². The largest absolute Gasteiger partial charge is 0.497 e. The number of rotatable bonds is 3. The van der Waals surface area contributed by atoms with Gasteiger partial charge < -0.3 is 10.1 Å². The highest BCUT2D eigenvalue weighted by atomic mass is 16.5. The fourth-order valence-electron chi connectivity index (χ4n) is 2.59. The molecule has 0 saturated heterocycles. The zero-order valence-electron chi connectivity index (χ0n) is 17.6. The summed E-state index contributed by atoms with van der Waals surface area (Å²) >= 11 is 0. The number of benzene rings is 1. The molecule has 3 rings (SSSR count). The van der Waals surface area contributed by atoms with Crippen LogP contribution in [-0.2, 0) is 10.2 Å². The molecule has 0 saturated carbocycles. The van der Waals surface area contributed by atoms with Crippen molar-refractivity contribution in [3.63, 3.8) is 0 Å². The Balaban J connectivity index is 1.90. The number of methoxy groups -OCH3 is 1. The average Bonchev–Trinajstić information content (AvgIpc) is 3.10. The quantitative estimate of drug-likeness (QED) is 0.756. The predicted octanol–water partition coefficient (Wildman–Crippen LogP) is 3.59. The van der Waals surface area contributed by atoms with Gasteiger partial charge in [0, 0.05) is 17.2 Å². The lowest BCUT2D eigenvalue weighted by molar-refractivity contribution is -0.113. The molecule has 9 heteroatoms. The lowest BCUT2D eigenvalue weighted by Gasteiger charge is -2.14. The summed E-state index contributed by atoms with van der Waals surface area (Å²) in [4.78, 5) is 32.9. The maximum Gasteiger partial charge on any atom is 0.324 e. The van der Waals surface area contributed by atoms with Gasteiger partial charge in [-0.05, 0) is 31.2 Å². The van der Waals surface area contributed by atoms with E-state index in [-0.39, 0.29) is 16.9 Å². The first-order chi connectivity index (χ1) is 14.1. The molecule has 0 radical (unpaired) electrons. The fraction of sp³-hybridized carbons (Fsp3) is 0.286. The Morgan fingerprint density at radius 2 is 1.80 bits per heavy atom. The van der Waals surface area contributed by atoms with Crippen LogP contribution in [0, 0.1) is 0 Å². The minimum atomic E-state index is -0.487. The summed E-state index contributed by atoms with van der Waals surface area (Å²) in [5.41, 5.74) is 1.68. The summed E-state index contributed by atoms with van der Waals surface area (Å²) in [6.07, 6.45) is 0. The molecule has 1 aromatic carbocycles. The lowest BCUT2D eigenvalue weighted by atomic mass is 9.92. The van der Waals surface area contributed by atoms with Crippen LogP contribution < -0.4 is 15.4 Å². The molecule has 0 fully saturated rings. The molecule has 3 amide bonds. The monoisotopic (exact) mass is 408 g/mol. The van der Waals surface area contributed by atoms with Crippen molar-refractivity contribution < 1.29 is 14.3 Å². The van der Waals surface area contributed by atoms with Gasteiger partial charge in [-0.25, -0.2) is 9.79 Å². The molecular weight excluding hydrogens is 384 g/mol. The Labute approximate surface area is 174 Å². The van der Waals surface area contributed by atoms with Crippen molar-refractivity contribution >= 4 is 35.1 Å². The number of nitrogens with zero attached hydrogens (tertiary/aromatic N) is 4. The molecule has 0 atom stereocenters. The third-order valence-corrected chi connectivity index (χ3v) is 4.42. The Kier molecular flexibility index (Phi) is 5.55. The van der Waals surface area contributed by atoms with E-state index >= 15 is 0 Å². The van der Waals surface area contributed by atoms with Gasteiger partial charge in [-0.15, -0.1) is 0 Å². The second-order valence-corrected chi connectivity index (χ2v) is 7.78. The van der Waals surface area contributed by atoms with Gasteiger partial charge in [-0.1, -0.05) is 27.4 Å². The van der Waals surface area contributed by atoms with Crippen LogP contribution in [0.4, 0.5) is 16.3 Å². The number of nitrogens with one attached hydrogen (secondary N) is 2. The van der Waals surface area contributed by atoms with Crippen LogP contribution >= 0.6 is 0 Å². The molecule has 2 N–H and O–H groups in total. The van der Waals surface area contributed by atoms with Crippen LogP contribution in [0.3, 0.4) is 0 Å². The van der Waals surface area contributed by atoms with Crippen molar-refractivity contribution in [2.24, 2.45) is 9.98 Å². The summed E-state index contributed by atoms with van der Waals surface area (Å²) in [5, 5.41) is 10.0. The Morgan fingerprint density at radius 3 is 2.37 bits per heavy atom. The minimum Gasteiger partial charge on any atom is -0.497 e. The summed E-state index contributed by atoms with van der Waals surface area (Å²) in [7, 11) is 1.57. The standard InChI is InChI=1S/C21H24N6O3/c1-12-13(2)22-19(25-18(12)28)27-17(11-16(26-27)21(3,4)5)24-20(29)23-14-7-9-15(30-6)10-8-14/h7-11H,1H2,2-6H3,(H2,23,24,29). The number of amides is 3. The molecule has 1 aliphatic rings. The second kappa shape index (κ2) is 7.94. The zero-order chi connectivity index (χ0) is 22.1. The Hall–Kier alpha value is -3.75. The molecule has 2 heterocycles. The van der Waals surface area contributed by atoms with Crippen LogP contribution in [0.1, 0.15) is 33.4 Å². The van der Waals surface area contributed by atoms with Gasteiger partial charge in [0.15, 0.2) is 0 Å². The van der Waals surface area contributed by atoms with Crippen molar-refractivity contribution in [2.75, 3.05) is 17.7 Å². The van der Waals surface area contributed by atoms with E-state index in [9.17, 15) is 9.59 Å². The van der Waals surface area contributed by atoms with Gasteiger partial charge in [-0.3, -0.25) is 10.1 Å². The van der Waals surface area contributed by atoms with Gasteiger partial charge in [0.2, 0.25) is 0 Å². The summed E-state index contributed by atoms with van der Waals surface area (Å²) in [5.74, 6) is 0.601. The predicted molar refractivity (Wildman–Crippen MR) is 117 cm³/mol. The third-order valence-electron chi connectivity index (χ3n) is 4.42. The Bertz CT molecular complexity index is 1070. The zero-order valence-corrected chi connectivity index (χ0v) is 17.6. The van der Waals surface area contributed by atoms with Crippen molar-refractivity contribution in [3.8, 4) is 5.75 Å². The highest BCUT2D eigenvalue weighted by Gasteiger charge is 2.25. The van der Waals surface area contributed by atoms with Gasteiger partial charge >= 0.3 is 6.03 Å². The first-order valence-electron chi connectivity index (χ1n) is 9.29. The molecule has 0 spiro atoms.